The number of cyclic esters (lactones) is 1. The summed E-state index contributed by atoms with van der Waals surface area (Å²) in [4.78, 5) is 25.5. The number of ketones is 1. The van der Waals surface area contributed by atoms with Crippen molar-refractivity contribution in [1.82, 2.24) is 0 Å². The normalized spacial score (nSPS) is 35.4. The fraction of sp³-hybridized carbons (Fsp3) is 0.455. The van der Waals surface area contributed by atoms with Crippen LogP contribution in [0.15, 0.2) is 59.9 Å². The highest BCUT2D eigenvalue weighted by Gasteiger charge is 2.60. The quantitative estimate of drug-likeness (QED) is 0.479. The van der Waals surface area contributed by atoms with E-state index in [-0.39, 0.29) is 30.5 Å². The Bertz CT molecular complexity index is 804. The third kappa shape index (κ3) is 4.12. The van der Waals surface area contributed by atoms with Gasteiger partial charge in [0.05, 0.1) is 30.3 Å². The van der Waals surface area contributed by atoms with Gasteiger partial charge in [0.2, 0.25) is 0 Å². The van der Waals surface area contributed by atoms with E-state index >= 15 is 0 Å². The second kappa shape index (κ2) is 8.90. The van der Waals surface area contributed by atoms with E-state index < -0.39 is 35.5 Å². The molecule has 0 aromatic rings. The lowest BCUT2D eigenvalue weighted by atomic mass is 9.69. The molecule has 156 valence electrons. The van der Waals surface area contributed by atoms with Crippen LogP contribution < -0.4 is 0 Å². The van der Waals surface area contributed by atoms with Crippen molar-refractivity contribution in [3.8, 4) is 0 Å². The van der Waals surface area contributed by atoms with E-state index in [0.717, 1.165) is 0 Å². The Morgan fingerprint density at radius 3 is 2.69 bits per heavy atom. The minimum Gasteiger partial charge on any atom is -0.485 e. The Kier molecular flexibility index (Phi) is 6.52. The van der Waals surface area contributed by atoms with E-state index in [1.54, 1.807) is 43.4 Å². The largest absolute Gasteiger partial charge is 0.485 e. The highest BCUT2D eigenvalue weighted by atomic mass is 16.5. The molecule has 3 aliphatic rings. The topological polar surface area (TPSA) is 113 Å². The smallest absolute Gasteiger partial charge is 0.338 e. The summed E-state index contributed by atoms with van der Waals surface area (Å²) in [6.07, 6.45) is 11.3. The van der Waals surface area contributed by atoms with Gasteiger partial charge in [-0.2, -0.15) is 0 Å². The fourth-order valence-corrected chi connectivity index (χ4v) is 3.95. The number of carbonyl (C=O) groups is 2. The molecule has 0 saturated carbocycles. The van der Waals surface area contributed by atoms with Crippen molar-refractivity contribution in [1.29, 1.82) is 0 Å². The Hall–Kier alpha value is -2.48. The average molecular weight is 402 g/mol. The minimum atomic E-state index is -2.15. The van der Waals surface area contributed by atoms with E-state index in [0.29, 0.717) is 12.8 Å². The van der Waals surface area contributed by atoms with Gasteiger partial charge in [-0.05, 0) is 44.4 Å². The average Bonchev–Trinajstić information content (AvgIpc) is 3.06. The maximum absolute atomic E-state index is 12.9. The van der Waals surface area contributed by atoms with E-state index in [1.807, 2.05) is 0 Å². The lowest BCUT2D eigenvalue weighted by Gasteiger charge is -2.40. The molecule has 3 rings (SSSR count). The molecule has 0 bridgehead atoms. The van der Waals surface area contributed by atoms with Crippen molar-refractivity contribution in [3.63, 3.8) is 0 Å². The van der Waals surface area contributed by atoms with Crippen molar-refractivity contribution in [2.24, 2.45) is 5.92 Å². The second-order valence-corrected chi connectivity index (χ2v) is 7.40. The number of hydrogen-bond acceptors (Lipinski definition) is 7. The number of allylic oxidation sites excluding steroid dienone is 5. The predicted octanol–water partition coefficient (Wildman–Crippen LogP) is 1.26. The summed E-state index contributed by atoms with van der Waals surface area (Å²) >= 11 is 0. The van der Waals surface area contributed by atoms with E-state index in [9.17, 15) is 19.8 Å². The number of carbonyl (C=O) groups excluding carboxylic acids is 2. The number of aliphatic hydroxyl groups excluding tert-OH is 2. The van der Waals surface area contributed by atoms with Gasteiger partial charge in [-0.25, -0.2) is 4.79 Å². The van der Waals surface area contributed by atoms with Crippen LogP contribution in [0.2, 0.25) is 0 Å². The molecule has 1 aliphatic carbocycles. The first-order chi connectivity index (χ1) is 13.9. The lowest BCUT2D eigenvalue weighted by molar-refractivity contribution is -0.165. The molecule has 0 amide bonds. The van der Waals surface area contributed by atoms with E-state index in [4.69, 9.17) is 14.6 Å². The zero-order valence-electron chi connectivity index (χ0n) is 16.2. The van der Waals surface area contributed by atoms with Crippen LogP contribution in [0.1, 0.15) is 26.2 Å². The standard InChI is InChI=1S/C22H26O7/c1-14-8-7-10-17(24)22(27)18(25)12-11-16-20(22)19(21(26)28-14)15(29-16)9-5-3-2-4-6-13-23/h2-6,9,11-12,14,16-17,20,23-24,27H,7-8,10,13H2,1H3/b3-2+,6-4+,9-5+/t14-,16-,17+,20+,22-/m0/s1. The molecule has 0 spiro atoms. The van der Waals surface area contributed by atoms with Gasteiger partial charge < -0.3 is 24.8 Å². The van der Waals surface area contributed by atoms with Crippen LogP contribution in [0.5, 0.6) is 0 Å². The molecule has 7 nitrogen and oxygen atoms in total. The molecule has 0 unspecified atom stereocenters. The summed E-state index contributed by atoms with van der Waals surface area (Å²) < 4.78 is 11.4. The Balaban J connectivity index is 2.03. The molecular formula is C22H26O7. The molecule has 29 heavy (non-hydrogen) atoms. The summed E-state index contributed by atoms with van der Waals surface area (Å²) in [5.41, 5.74) is -2.09. The Labute approximate surface area is 169 Å². The SMILES string of the molecule is C[C@H]1CCC[C@@H](O)[C@]2(O)C(=O)C=C[C@@H]3OC(/C=C/C=C/C=C/CO)=C(C(=O)O1)[C@@H]32. The van der Waals surface area contributed by atoms with Crippen molar-refractivity contribution in [3.05, 3.63) is 59.9 Å². The third-order valence-electron chi connectivity index (χ3n) is 5.42. The number of rotatable bonds is 4. The Morgan fingerprint density at radius 1 is 1.17 bits per heavy atom. The van der Waals surface area contributed by atoms with E-state index in [1.165, 1.54) is 12.2 Å². The van der Waals surface area contributed by atoms with Crippen molar-refractivity contribution in [2.45, 2.75) is 50.1 Å². The predicted molar refractivity (Wildman–Crippen MR) is 104 cm³/mol. The summed E-state index contributed by atoms with van der Waals surface area (Å²) in [6.45, 7) is 1.70. The summed E-state index contributed by atoms with van der Waals surface area (Å²) in [6, 6.07) is 0. The van der Waals surface area contributed by atoms with Gasteiger partial charge in [-0.3, -0.25) is 4.79 Å². The van der Waals surface area contributed by atoms with Crippen LogP contribution in [0, 0.1) is 5.92 Å². The molecule has 3 N–H and O–H groups in total. The molecule has 0 aromatic heterocycles. The molecule has 0 radical (unpaired) electrons. The highest BCUT2D eigenvalue weighted by Crippen LogP contribution is 2.46. The van der Waals surface area contributed by atoms with Gasteiger partial charge in [0.1, 0.15) is 11.9 Å². The molecule has 1 saturated heterocycles. The minimum absolute atomic E-state index is 0.0542. The number of aliphatic hydroxyl groups is 3. The van der Waals surface area contributed by atoms with Gasteiger partial charge in [0.25, 0.3) is 0 Å². The molecular weight excluding hydrogens is 376 g/mol. The van der Waals surface area contributed by atoms with Gasteiger partial charge in [0, 0.05) is 0 Å². The first kappa shape index (κ1) is 21.2. The fourth-order valence-electron chi connectivity index (χ4n) is 3.95. The summed E-state index contributed by atoms with van der Waals surface area (Å²) in [5.74, 6) is -2.17. The van der Waals surface area contributed by atoms with Crippen LogP contribution in [-0.4, -0.2) is 57.6 Å². The van der Waals surface area contributed by atoms with Crippen LogP contribution in [0.25, 0.3) is 0 Å². The molecule has 0 aromatic carbocycles. The highest BCUT2D eigenvalue weighted by molar-refractivity contribution is 6.02. The van der Waals surface area contributed by atoms with Crippen LogP contribution in [0.4, 0.5) is 0 Å². The first-order valence-electron chi connectivity index (χ1n) is 9.75. The molecule has 7 heteroatoms. The van der Waals surface area contributed by atoms with Crippen LogP contribution in [0.3, 0.4) is 0 Å². The van der Waals surface area contributed by atoms with Gasteiger partial charge >= 0.3 is 5.97 Å². The molecule has 1 fully saturated rings. The number of esters is 1. The summed E-state index contributed by atoms with van der Waals surface area (Å²) in [5, 5.41) is 30.7. The summed E-state index contributed by atoms with van der Waals surface area (Å²) in [7, 11) is 0. The van der Waals surface area contributed by atoms with E-state index in [2.05, 4.69) is 0 Å². The van der Waals surface area contributed by atoms with Crippen LogP contribution in [-0.2, 0) is 19.1 Å². The third-order valence-corrected chi connectivity index (χ3v) is 5.42. The lowest BCUT2D eigenvalue weighted by Crippen LogP contribution is -2.60. The molecule has 2 heterocycles. The van der Waals surface area contributed by atoms with Crippen molar-refractivity contribution < 1.29 is 34.4 Å². The number of ether oxygens (including phenoxy) is 2. The van der Waals surface area contributed by atoms with Gasteiger partial charge in [0.15, 0.2) is 11.4 Å². The van der Waals surface area contributed by atoms with Crippen molar-refractivity contribution in [2.75, 3.05) is 6.61 Å². The number of hydrogen-bond donors (Lipinski definition) is 3. The zero-order valence-corrected chi connectivity index (χ0v) is 16.2. The monoisotopic (exact) mass is 402 g/mol. The molecule has 2 aliphatic heterocycles. The maximum Gasteiger partial charge on any atom is 0.338 e. The molecule has 5 atom stereocenters. The van der Waals surface area contributed by atoms with Crippen LogP contribution >= 0.6 is 0 Å². The maximum atomic E-state index is 12.9. The van der Waals surface area contributed by atoms with Crippen molar-refractivity contribution >= 4 is 11.8 Å². The Morgan fingerprint density at radius 2 is 1.93 bits per heavy atom. The zero-order chi connectivity index (χ0) is 21.0. The van der Waals surface area contributed by atoms with Gasteiger partial charge in [-0.15, -0.1) is 0 Å². The van der Waals surface area contributed by atoms with Gasteiger partial charge in [-0.1, -0.05) is 30.4 Å². The first-order valence-corrected chi connectivity index (χ1v) is 9.75. The second-order valence-electron chi connectivity index (χ2n) is 7.40.